The summed E-state index contributed by atoms with van der Waals surface area (Å²) in [6.45, 7) is 3.51. The van der Waals surface area contributed by atoms with Gasteiger partial charge in [0.05, 0.1) is 0 Å². The van der Waals surface area contributed by atoms with E-state index < -0.39 is 40.0 Å². The van der Waals surface area contributed by atoms with Crippen molar-refractivity contribution in [3.63, 3.8) is 0 Å². The van der Waals surface area contributed by atoms with E-state index in [1.165, 1.54) is 28.0 Å². The topological polar surface area (TPSA) is 119 Å². The van der Waals surface area contributed by atoms with Crippen molar-refractivity contribution in [3.8, 4) is 0 Å². The van der Waals surface area contributed by atoms with E-state index in [0.29, 0.717) is 5.56 Å². The van der Waals surface area contributed by atoms with Gasteiger partial charge >= 0.3 is 5.97 Å². The summed E-state index contributed by atoms with van der Waals surface area (Å²) in [7, 11) is 0. The smallest absolute Gasteiger partial charge is 0.327 e. The fraction of sp³-hybridized carbons (Fsp3) is 0.429. The van der Waals surface area contributed by atoms with Crippen LogP contribution in [-0.2, 0) is 14.4 Å². The highest BCUT2D eigenvalue weighted by Crippen LogP contribution is 2.50. The van der Waals surface area contributed by atoms with Crippen LogP contribution in [0.5, 0.6) is 0 Å². The Morgan fingerprint density at radius 1 is 1.42 bits per heavy atom. The summed E-state index contributed by atoms with van der Waals surface area (Å²) in [5.41, 5.74) is 0.269. The molecular weight excluding hydrogens is 354 g/mol. The molecule has 3 atom stereocenters. The summed E-state index contributed by atoms with van der Waals surface area (Å²) >= 11 is 2.68. The van der Waals surface area contributed by atoms with Crippen molar-refractivity contribution in [2.75, 3.05) is 0 Å². The molecule has 3 heterocycles. The zero-order valence-corrected chi connectivity index (χ0v) is 14.4. The number of carbonyl (C=O) groups is 3. The molecule has 10 heteroatoms. The van der Waals surface area contributed by atoms with Crippen LogP contribution in [0.25, 0.3) is 0 Å². The summed E-state index contributed by atoms with van der Waals surface area (Å²) in [6.07, 6.45) is 0. The highest BCUT2D eigenvalue weighted by atomic mass is 32.2. The predicted octanol–water partition coefficient (Wildman–Crippen LogP) is 0.558. The Bertz CT molecular complexity index is 731. The number of carbonyl (C=O) groups excluding carboxylic acids is 2. The zero-order valence-electron chi connectivity index (χ0n) is 12.8. The van der Waals surface area contributed by atoms with E-state index >= 15 is 0 Å². The van der Waals surface area contributed by atoms with Crippen molar-refractivity contribution in [3.05, 3.63) is 22.4 Å². The number of nitrogens with one attached hydrogen (secondary N) is 1. The van der Waals surface area contributed by atoms with Gasteiger partial charge in [-0.3, -0.25) is 9.59 Å². The number of amides is 2. The molecule has 128 valence electrons. The zero-order chi connectivity index (χ0) is 17.6. The molecular formula is C14H15N3O5S2. The van der Waals surface area contributed by atoms with Crippen LogP contribution < -0.4 is 5.32 Å². The molecule has 0 spiro atoms. The lowest BCUT2D eigenvalue weighted by molar-refractivity contribution is -0.160. The van der Waals surface area contributed by atoms with Gasteiger partial charge in [-0.15, -0.1) is 11.8 Å². The SMILES string of the molecule is CC1(C)SC2C(NC(=O)C(=NO)c3ccsc3)C(=O)N2C1C(=O)O. The van der Waals surface area contributed by atoms with Gasteiger partial charge in [0.2, 0.25) is 5.91 Å². The highest BCUT2D eigenvalue weighted by Gasteiger charge is 2.64. The average Bonchev–Trinajstić information content (AvgIpc) is 3.10. The first kappa shape index (κ1) is 16.8. The number of fused-ring (bicyclic) bond motifs is 1. The van der Waals surface area contributed by atoms with Crippen LogP contribution in [0.3, 0.4) is 0 Å². The lowest BCUT2D eigenvalue weighted by Gasteiger charge is -2.43. The maximum Gasteiger partial charge on any atom is 0.327 e. The number of carboxylic acid groups (broad SMARTS) is 1. The van der Waals surface area contributed by atoms with E-state index in [1.54, 1.807) is 30.7 Å². The van der Waals surface area contributed by atoms with Crippen molar-refractivity contribution >= 4 is 46.6 Å². The van der Waals surface area contributed by atoms with Gasteiger partial charge in [0, 0.05) is 15.7 Å². The number of rotatable bonds is 4. The van der Waals surface area contributed by atoms with Crippen LogP contribution in [0.4, 0.5) is 0 Å². The molecule has 0 aliphatic carbocycles. The minimum absolute atomic E-state index is 0.181. The molecule has 1 aromatic heterocycles. The summed E-state index contributed by atoms with van der Waals surface area (Å²) in [5.74, 6) is -2.18. The Kier molecular flexibility index (Phi) is 4.04. The molecule has 1 aromatic rings. The number of thiophene rings is 1. The molecule has 2 aliphatic rings. The summed E-state index contributed by atoms with van der Waals surface area (Å²) in [5, 5.41) is 26.9. The number of hydrogen-bond donors (Lipinski definition) is 3. The van der Waals surface area contributed by atoms with Crippen LogP contribution in [0, 0.1) is 0 Å². The number of β-lactam (4-membered cyclic amide) rings is 1. The number of nitrogens with zero attached hydrogens (tertiary/aromatic N) is 2. The third-order valence-electron chi connectivity index (χ3n) is 4.07. The van der Waals surface area contributed by atoms with E-state index in [1.807, 2.05) is 0 Å². The molecule has 2 amide bonds. The van der Waals surface area contributed by atoms with Gasteiger partial charge < -0.3 is 20.5 Å². The molecule has 0 saturated carbocycles. The van der Waals surface area contributed by atoms with Crippen molar-refractivity contribution in [1.29, 1.82) is 0 Å². The van der Waals surface area contributed by atoms with Crippen LogP contribution >= 0.6 is 23.1 Å². The first-order chi connectivity index (χ1) is 11.3. The molecule has 0 bridgehead atoms. The molecule has 3 N–H and O–H groups in total. The first-order valence-electron chi connectivity index (χ1n) is 7.06. The van der Waals surface area contributed by atoms with E-state index in [-0.39, 0.29) is 5.71 Å². The van der Waals surface area contributed by atoms with E-state index in [9.17, 15) is 19.5 Å². The maximum atomic E-state index is 12.3. The third kappa shape index (κ3) is 2.46. The lowest BCUT2D eigenvalue weighted by Crippen LogP contribution is -2.71. The molecule has 0 radical (unpaired) electrons. The fourth-order valence-electron chi connectivity index (χ4n) is 2.99. The normalized spacial score (nSPS) is 28.2. The Labute approximate surface area is 145 Å². The van der Waals surface area contributed by atoms with Gasteiger partial charge in [0.25, 0.3) is 5.91 Å². The minimum Gasteiger partial charge on any atom is -0.480 e. The third-order valence-corrected chi connectivity index (χ3v) is 6.33. The standard InChI is InChI=1S/C14H15N3O5S2/c1-14(2)9(13(20)21)17-11(19)8(12(17)24-14)15-10(18)7(16-22)6-3-4-23-5-6/h3-5,8-9,12,22H,1-2H3,(H,15,18)(H,20,21). The molecule has 2 fully saturated rings. The monoisotopic (exact) mass is 369 g/mol. The van der Waals surface area contributed by atoms with Crippen molar-refractivity contribution in [1.82, 2.24) is 10.2 Å². The van der Waals surface area contributed by atoms with Crippen LogP contribution in [0.15, 0.2) is 22.0 Å². The van der Waals surface area contributed by atoms with Crippen LogP contribution in [0.2, 0.25) is 0 Å². The Morgan fingerprint density at radius 3 is 2.67 bits per heavy atom. The molecule has 8 nitrogen and oxygen atoms in total. The van der Waals surface area contributed by atoms with Gasteiger partial charge in [0.1, 0.15) is 17.5 Å². The second-order valence-electron chi connectivity index (χ2n) is 6.01. The number of thioether (sulfide) groups is 1. The molecule has 24 heavy (non-hydrogen) atoms. The molecule has 3 unspecified atom stereocenters. The Hall–Kier alpha value is -2.07. The first-order valence-corrected chi connectivity index (χ1v) is 8.88. The van der Waals surface area contributed by atoms with E-state index in [0.717, 1.165) is 0 Å². The highest BCUT2D eigenvalue weighted by molar-refractivity contribution is 8.01. The largest absolute Gasteiger partial charge is 0.480 e. The van der Waals surface area contributed by atoms with Gasteiger partial charge in [-0.05, 0) is 25.3 Å². The maximum absolute atomic E-state index is 12.3. The summed E-state index contributed by atoms with van der Waals surface area (Å²) < 4.78 is -0.660. The Balaban J connectivity index is 1.76. The second kappa shape index (κ2) is 5.78. The predicted molar refractivity (Wildman–Crippen MR) is 88.3 cm³/mol. The van der Waals surface area contributed by atoms with Crippen LogP contribution in [0.1, 0.15) is 19.4 Å². The lowest BCUT2D eigenvalue weighted by atomic mass is 9.96. The number of aliphatic carboxylic acids is 1. The quantitative estimate of drug-likeness (QED) is 0.309. The van der Waals surface area contributed by atoms with E-state index in [4.69, 9.17) is 5.21 Å². The van der Waals surface area contributed by atoms with Gasteiger partial charge in [-0.2, -0.15) is 11.3 Å². The summed E-state index contributed by atoms with van der Waals surface area (Å²) in [4.78, 5) is 37.3. The van der Waals surface area contributed by atoms with E-state index in [2.05, 4.69) is 10.5 Å². The van der Waals surface area contributed by atoms with Gasteiger partial charge in [-0.1, -0.05) is 5.16 Å². The average molecular weight is 369 g/mol. The summed E-state index contributed by atoms with van der Waals surface area (Å²) in [6, 6.07) is -0.139. The molecule has 2 aliphatic heterocycles. The second-order valence-corrected chi connectivity index (χ2v) is 8.56. The molecule has 3 rings (SSSR count). The van der Waals surface area contributed by atoms with Crippen molar-refractivity contribution in [2.24, 2.45) is 5.16 Å². The van der Waals surface area contributed by atoms with Gasteiger partial charge in [-0.25, -0.2) is 4.79 Å². The van der Waals surface area contributed by atoms with Crippen molar-refractivity contribution in [2.45, 2.75) is 36.1 Å². The Morgan fingerprint density at radius 2 is 2.12 bits per heavy atom. The minimum atomic E-state index is -1.07. The number of oxime groups is 1. The van der Waals surface area contributed by atoms with Gasteiger partial charge in [0.15, 0.2) is 5.71 Å². The molecule has 0 aromatic carbocycles. The number of carboxylic acids is 1. The molecule has 2 saturated heterocycles. The number of hydrogen-bond acceptors (Lipinski definition) is 7. The van der Waals surface area contributed by atoms with Crippen LogP contribution in [-0.4, -0.2) is 60.9 Å². The van der Waals surface area contributed by atoms with Crippen molar-refractivity contribution < 1.29 is 24.7 Å². The fourth-order valence-corrected chi connectivity index (χ4v) is 5.25.